The molecule has 1 aliphatic heterocycles. The van der Waals surface area contributed by atoms with Gasteiger partial charge in [0.25, 0.3) is 0 Å². The van der Waals surface area contributed by atoms with Crippen molar-refractivity contribution >= 4 is 28.9 Å². The van der Waals surface area contributed by atoms with Gasteiger partial charge in [0.1, 0.15) is 22.5 Å². The first-order valence-electron chi connectivity index (χ1n) is 12.5. The van der Waals surface area contributed by atoms with Crippen LogP contribution in [0.1, 0.15) is 67.6 Å². The Labute approximate surface area is 215 Å². The number of carbonyl (C=O) groups is 1. The molecule has 2 aliphatic rings. The second-order valence-electron chi connectivity index (χ2n) is 11.0. The highest BCUT2D eigenvalue weighted by Crippen LogP contribution is 2.55. The van der Waals surface area contributed by atoms with E-state index in [0.29, 0.717) is 23.1 Å². The molecule has 1 aromatic heterocycles. The van der Waals surface area contributed by atoms with E-state index in [1.807, 2.05) is 12.1 Å². The molecule has 0 radical (unpaired) electrons. The number of ether oxygens (including phenoxy) is 2. The molecule has 7 heteroatoms. The Balaban J connectivity index is 1.51. The van der Waals surface area contributed by atoms with Crippen LogP contribution < -0.4 is 15.1 Å². The summed E-state index contributed by atoms with van der Waals surface area (Å²) >= 11 is 0. The molecule has 0 unspecified atom stereocenters. The molecule has 1 fully saturated rings. The lowest BCUT2D eigenvalue weighted by Gasteiger charge is -2.55. The van der Waals surface area contributed by atoms with E-state index in [9.17, 15) is 19.8 Å². The van der Waals surface area contributed by atoms with Crippen molar-refractivity contribution in [1.82, 2.24) is 0 Å². The lowest BCUT2D eigenvalue weighted by Crippen LogP contribution is -2.58. The number of phenolic OH excluding ortho intramolecular Hbond substituents is 1. The molecule has 1 aliphatic carbocycles. The van der Waals surface area contributed by atoms with Gasteiger partial charge in [0.2, 0.25) is 0 Å². The first-order valence-corrected chi connectivity index (χ1v) is 12.5. The minimum absolute atomic E-state index is 0.0859. The molecule has 0 bridgehead atoms. The first-order chi connectivity index (χ1) is 17.4. The lowest BCUT2D eigenvalue weighted by molar-refractivity contribution is -0.138. The van der Waals surface area contributed by atoms with Gasteiger partial charge in [-0.25, -0.2) is 4.79 Å². The van der Waals surface area contributed by atoms with Gasteiger partial charge in [-0.3, -0.25) is 4.79 Å². The second kappa shape index (κ2) is 8.77. The van der Waals surface area contributed by atoms with Crippen LogP contribution in [-0.4, -0.2) is 34.8 Å². The van der Waals surface area contributed by atoms with Crippen molar-refractivity contribution in [2.75, 3.05) is 7.11 Å². The van der Waals surface area contributed by atoms with Crippen molar-refractivity contribution in [3.05, 3.63) is 63.0 Å². The summed E-state index contributed by atoms with van der Waals surface area (Å²) in [5.41, 5.74) is 1.22. The topological polar surface area (TPSA) is 106 Å². The van der Waals surface area contributed by atoms with Gasteiger partial charge in [-0.05, 0) is 85.5 Å². The number of aliphatic hydroxyl groups excluding tert-OH is 1. The molecule has 2 aromatic carbocycles. The van der Waals surface area contributed by atoms with Crippen molar-refractivity contribution in [1.29, 1.82) is 0 Å². The fourth-order valence-corrected chi connectivity index (χ4v) is 6.00. The van der Waals surface area contributed by atoms with E-state index in [1.165, 1.54) is 13.0 Å². The fraction of sp³-hybridized carbons (Fsp3) is 0.400. The van der Waals surface area contributed by atoms with Crippen molar-refractivity contribution in [2.24, 2.45) is 11.3 Å². The quantitative estimate of drug-likeness (QED) is 0.279. The summed E-state index contributed by atoms with van der Waals surface area (Å²) in [6, 6.07) is 8.52. The van der Waals surface area contributed by atoms with E-state index in [0.717, 1.165) is 29.7 Å². The van der Waals surface area contributed by atoms with Crippen LogP contribution in [-0.2, 0) is 6.42 Å². The molecule has 0 spiro atoms. The number of hydrogen-bond acceptors (Lipinski definition) is 7. The number of aromatic hydroxyl groups is 1. The van der Waals surface area contributed by atoms with E-state index in [4.69, 9.17) is 13.9 Å². The number of carbonyl (C=O) groups excluding carboxylic acids is 1. The molecule has 5 rings (SSSR count). The summed E-state index contributed by atoms with van der Waals surface area (Å²) in [7, 11) is 1.62. The zero-order valence-electron chi connectivity index (χ0n) is 21.8. The molecule has 7 nitrogen and oxygen atoms in total. The number of phenols is 1. The van der Waals surface area contributed by atoms with Crippen LogP contribution in [0, 0.1) is 11.3 Å². The van der Waals surface area contributed by atoms with Gasteiger partial charge in [-0.1, -0.05) is 26.0 Å². The van der Waals surface area contributed by atoms with Crippen LogP contribution in [0.3, 0.4) is 0 Å². The predicted octanol–water partition coefficient (Wildman–Crippen LogP) is 5.37. The van der Waals surface area contributed by atoms with Crippen LogP contribution in [0.4, 0.5) is 0 Å². The summed E-state index contributed by atoms with van der Waals surface area (Å²) in [5, 5.41) is 21.5. The van der Waals surface area contributed by atoms with Crippen molar-refractivity contribution in [2.45, 2.75) is 58.7 Å². The van der Waals surface area contributed by atoms with Gasteiger partial charge in [0, 0.05) is 5.92 Å². The van der Waals surface area contributed by atoms with Crippen LogP contribution in [0.5, 0.6) is 17.2 Å². The number of benzene rings is 2. The predicted molar refractivity (Wildman–Crippen MR) is 141 cm³/mol. The summed E-state index contributed by atoms with van der Waals surface area (Å²) in [6.45, 7) is 7.63. The molecule has 37 heavy (non-hydrogen) atoms. The van der Waals surface area contributed by atoms with Gasteiger partial charge in [0.15, 0.2) is 17.3 Å². The van der Waals surface area contributed by atoms with Gasteiger partial charge in [-0.15, -0.1) is 0 Å². The van der Waals surface area contributed by atoms with Crippen LogP contribution in [0.2, 0.25) is 0 Å². The maximum atomic E-state index is 12.1. The molecule has 2 heterocycles. The van der Waals surface area contributed by atoms with E-state index in [2.05, 4.69) is 26.8 Å². The summed E-state index contributed by atoms with van der Waals surface area (Å²) < 4.78 is 17.6. The molecule has 0 saturated heterocycles. The zero-order valence-corrected chi connectivity index (χ0v) is 21.8. The van der Waals surface area contributed by atoms with Crippen LogP contribution in [0.15, 0.2) is 39.5 Å². The normalized spacial score (nSPS) is 24.4. The second-order valence-corrected chi connectivity index (χ2v) is 11.0. The third kappa shape index (κ3) is 4.21. The molecule has 0 amide bonds. The highest BCUT2D eigenvalue weighted by molar-refractivity contribution is 5.98. The SMILES string of the molecule is COc1cc(/C=C/c2cc(O)c3cc(C(C)=O)c(=O)oc3c2)cc2c1O[C@]1(C)CC[C@@H](O)C(C)(C)[C@H]1C2. The molecule has 3 aromatic rings. The zero-order chi connectivity index (χ0) is 26.7. The van der Waals surface area contributed by atoms with E-state index >= 15 is 0 Å². The van der Waals surface area contributed by atoms with Crippen LogP contribution >= 0.6 is 0 Å². The molecule has 3 atom stereocenters. The average molecular weight is 505 g/mol. The number of fused-ring (bicyclic) bond motifs is 3. The average Bonchev–Trinajstić information content (AvgIpc) is 2.84. The van der Waals surface area contributed by atoms with Crippen molar-refractivity contribution < 1.29 is 28.9 Å². The largest absolute Gasteiger partial charge is 0.507 e. The molecule has 1 saturated carbocycles. The van der Waals surface area contributed by atoms with Crippen LogP contribution in [0.25, 0.3) is 23.1 Å². The minimum Gasteiger partial charge on any atom is -0.507 e. The smallest absolute Gasteiger partial charge is 0.347 e. The number of Topliss-reactive ketones (excluding diaryl/α,β-unsaturated/α-hetero) is 1. The maximum absolute atomic E-state index is 12.1. The lowest BCUT2D eigenvalue weighted by atomic mass is 9.57. The Morgan fingerprint density at radius 2 is 1.81 bits per heavy atom. The number of ketones is 1. The standard InChI is InChI=1S/C30H32O7/c1-16(31)20-15-21-22(32)11-18(12-23(21)36-28(20)34)7-6-17-10-19-14-25-29(2,3)26(33)8-9-30(25,4)37-27(19)24(13-17)35-5/h6-7,10-13,15,25-26,32-33H,8-9,14H2,1-5H3/b7-6+/t25-,26-,30-/m1/s1. The fourth-order valence-electron chi connectivity index (χ4n) is 6.00. The highest BCUT2D eigenvalue weighted by Gasteiger charge is 2.54. The summed E-state index contributed by atoms with van der Waals surface area (Å²) in [5.74, 6) is 1.02. The van der Waals surface area contributed by atoms with Gasteiger partial charge in [-0.2, -0.15) is 0 Å². The van der Waals surface area contributed by atoms with Gasteiger partial charge in [0.05, 0.1) is 18.6 Å². The molecule has 2 N–H and O–H groups in total. The highest BCUT2D eigenvalue weighted by atomic mass is 16.5. The van der Waals surface area contributed by atoms with Gasteiger partial charge >= 0.3 is 5.63 Å². The monoisotopic (exact) mass is 504 g/mol. The first kappa shape index (κ1) is 25.1. The Morgan fingerprint density at radius 3 is 2.49 bits per heavy atom. The van der Waals surface area contributed by atoms with E-state index in [1.54, 1.807) is 25.3 Å². The summed E-state index contributed by atoms with van der Waals surface area (Å²) in [4.78, 5) is 23.8. The van der Waals surface area contributed by atoms with E-state index < -0.39 is 11.4 Å². The third-order valence-corrected chi connectivity index (χ3v) is 8.24. The maximum Gasteiger partial charge on any atom is 0.347 e. The number of hydrogen-bond donors (Lipinski definition) is 2. The number of aliphatic hydroxyl groups is 1. The Bertz CT molecular complexity index is 1500. The van der Waals surface area contributed by atoms with E-state index in [-0.39, 0.29) is 39.9 Å². The van der Waals surface area contributed by atoms with Crippen molar-refractivity contribution in [3.63, 3.8) is 0 Å². The molecular weight excluding hydrogens is 472 g/mol. The van der Waals surface area contributed by atoms with Crippen molar-refractivity contribution in [3.8, 4) is 17.2 Å². The summed E-state index contributed by atoms with van der Waals surface area (Å²) in [6.07, 6.45) is 5.55. The Morgan fingerprint density at radius 1 is 1.11 bits per heavy atom. The molecule has 194 valence electrons. The number of methoxy groups -OCH3 is 1. The minimum atomic E-state index is -0.734. The number of rotatable bonds is 4. The third-order valence-electron chi connectivity index (χ3n) is 8.24. The molecular formula is C30H32O7. The Kier molecular flexibility index (Phi) is 5.94. The van der Waals surface area contributed by atoms with Gasteiger partial charge < -0.3 is 24.1 Å². The Hall–Kier alpha value is -3.58.